The zero-order valence-electron chi connectivity index (χ0n) is 14.0. The van der Waals surface area contributed by atoms with Gasteiger partial charge in [-0.3, -0.25) is 4.79 Å². The average molecular weight is 344 g/mol. The van der Waals surface area contributed by atoms with Crippen molar-refractivity contribution in [3.63, 3.8) is 0 Å². The topological polar surface area (TPSA) is 41.6 Å². The van der Waals surface area contributed by atoms with E-state index in [9.17, 15) is 4.79 Å². The van der Waals surface area contributed by atoms with Crippen LogP contribution in [0.25, 0.3) is 11.1 Å². The van der Waals surface area contributed by atoms with Gasteiger partial charge in [0.2, 0.25) is 0 Å². The number of ether oxygens (including phenoxy) is 1. The number of nitrogens with zero attached hydrogens (tertiary/aromatic N) is 1. The molecule has 1 aromatic carbocycles. The third-order valence-corrected chi connectivity index (χ3v) is 5.20. The van der Waals surface area contributed by atoms with E-state index in [4.69, 9.17) is 4.74 Å². The van der Waals surface area contributed by atoms with Gasteiger partial charge in [-0.1, -0.05) is 12.1 Å². The molecule has 128 valence electrons. The van der Waals surface area contributed by atoms with Crippen LogP contribution in [-0.2, 0) is 4.74 Å². The first-order chi connectivity index (χ1) is 11.8. The van der Waals surface area contributed by atoms with Gasteiger partial charge in [-0.2, -0.15) is 11.3 Å². The van der Waals surface area contributed by atoms with E-state index in [1.807, 2.05) is 24.3 Å². The van der Waals surface area contributed by atoms with Crippen molar-refractivity contribution in [2.24, 2.45) is 5.92 Å². The number of likely N-dealkylation sites (tertiary alicyclic amines) is 1. The summed E-state index contributed by atoms with van der Waals surface area (Å²) < 4.78 is 5.13. The van der Waals surface area contributed by atoms with Gasteiger partial charge in [0.15, 0.2) is 0 Å². The zero-order chi connectivity index (χ0) is 16.8. The van der Waals surface area contributed by atoms with Gasteiger partial charge in [-0.25, -0.2) is 0 Å². The molecule has 5 heteroatoms. The summed E-state index contributed by atoms with van der Waals surface area (Å²) in [5, 5.41) is 7.25. The van der Waals surface area contributed by atoms with Crippen molar-refractivity contribution >= 4 is 17.2 Å². The third kappa shape index (κ3) is 4.44. The van der Waals surface area contributed by atoms with Gasteiger partial charge in [0.25, 0.3) is 5.91 Å². The van der Waals surface area contributed by atoms with Gasteiger partial charge in [0.1, 0.15) is 0 Å². The van der Waals surface area contributed by atoms with Crippen molar-refractivity contribution in [2.75, 3.05) is 39.9 Å². The molecular weight excluding hydrogens is 320 g/mol. The monoisotopic (exact) mass is 344 g/mol. The normalized spacial score (nSPS) is 18.0. The Hall–Kier alpha value is -1.69. The number of methoxy groups -OCH3 is 1. The fourth-order valence-corrected chi connectivity index (χ4v) is 3.78. The summed E-state index contributed by atoms with van der Waals surface area (Å²) in [6, 6.07) is 9.92. The highest BCUT2D eigenvalue weighted by Crippen LogP contribution is 2.23. The lowest BCUT2D eigenvalue weighted by Gasteiger charge is -2.15. The number of nitrogens with one attached hydrogen (secondary N) is 1. The molecule has 1 aliphatic heterocycles. The molecule has 1 saturated heterocycles. The number of thiophene rings is 1. The molecule has 2 aromatic rings. The van der Waals surface area contributed by atoms with E-state index in [0.29, 0.717) is 5.92 Å². The Morgan fingerprint density at radius 3 is 3.08 bits per heavy atom. The Labute approximate surface area is 147 Å². The van der Waals surface area contributed by atoms with Crippen molar-refractivity contribution in [1.29, 1.82) is 0 Å². The Morgan fingerprint density at radius 2 is 2.29 bits per heavy atom. The third-order valence-electron chi connectivity index (χ3n) is 4.51. The van der Waals surface area contributed by atoms with Crippen molar-refractivity contribution in [2.45, 2.75) is 6.42 Å². The summed E-state index contributed by atoms with van der Waals surface area (Å²) in [7, 11) is 1.73. The first-order valence-corrected chi connectivity index (χ1v) is 9.32. The van der Waals surface area contributed by atoms with Crippen LogP contribution in [-0.4, -0.2) is 50.7 Å². The molecule has 1 atom stereocenters. The lowest BCUT2D eigenvalue weighted by Crippen LogP contribution is -2.31. The maximum atomic E-state index is 12.4. The van der Waals surface area contributed by atoms with Gasteiger partial charge < -0.3 is 15.0 Å². The minimum atomic E-state index is 0.0161. The second-order valence-electron chi connectivity index (χ2n) is 6.25. The molecule has 1 aliphatic rings. The van der Waals surface area contributed by atoms with Crippen molar-refractivity contribution in [3.8, 4) is 11.1 Å². The van der Waals surface area contributed by atoms with Crippen LogP contribution < -0.4 is 5.32 Å². The van der Waals surface area contributed by atoms with E-state index in [2.05, 4.69) is 27.0 Å². The molecule has 0 spiro atoms. The molecule has 0 aliphatic carbocycles. The van der Waals surface area contributed by atoms with Crippen LogP contribution in [0.5, 0.6) is 0 Å². The van der Waals surface area contributed by atoms with Gasteiger partial charge >= 0.3 is 0 Å². The van der Waals surface area contributed by atoms with Crippen LogP contribution in [0, 0.1) is 5.92 Å². The molecular formula is C19H24N2O2S. The summed E-state index contributed by atoms with van der Waals surface area (Å²) >= 11 is 1.67. The van der Waals surface area contributed by atoms with Crippen LogP contribution in [0.2, 0.25) is 0 Å². The molecule has 1 aromatic heterocycles. The smallest absolute Gasteiger partial charge is 0.251 e. The maximum absolute atomic E-state index is 12.4. The fourth-order valence-electron chi connectivity index (χ4n) is 3.11. The van der Waals surface area contributed by atoms with E-state index < -0.39 is 0 Å². The van der Waals surface area contributed by atoms with Gasteiger partial charge in [0.05, 0.1) is 6.61 Å². The second kappa shape index (κ2) is 8.42. The lowest BCUT2D eigenvalue weighted by atomic mass is 10.1. The molecule has 0 bridgehead atoms. The predicted molar refractivity (Wildman–Crippen MR) is 98.5 cm³/mol. The molecule has 3 rings (SSSR count). The molecule has 2 heterocycles. The maximum Gasteiger partial charge on any atom is 0.251 e. The summed E-state index contributed by atoms with van der Waals surface area (Å²) in [6.45, 7) is 4.62. The summed E-state index contributed by atoms with van der Waals surface area (Å²) in [5.74, 6) is 0.549. The molecule has 1 amide bonds. The van der Waals surface area contributed by atoms with Crippen LogP contribution in [0.15, 0.2) is 41.1 Å². The van der Waals surface area contributed by atoms with Gasteiger partial charge in [-0.15, -0.1) is 0 Å². The highest BCUT2D eigenvalue weighted by Gasteiger charge is 2.22. The number of carbonyl (C=O) groups is 1. The minimum absolute atomic E-state index is 0.0161. The zero-order valence-corrected chi connectivity index (χ0v) is 14.8. The standard InChI is InChI=1S/C19H24N2O2S/c1-23-9-8-21-7-5-15(13-21)12-20-19(22)17-4-2-3-16(11-17)18-6-10-24-14-18/h2-4,6,10-11,14-15H,5,7-9,12-13H2,1H3,(H,20,22)/t15-/m0/s1. The number of carbonyl (C=O) groups excluding carboxylic acids is 1. The predicted octanol–water partition coefficient (Wildman–Crippen LogP) is 3.11. The molecule has 0 unspecified atom stereocenters. The molecule has 1 fully saturated rings. The first kappa shape index (κ1) is 17.1. The number of hydrogen-bond donors (Lipinski definition) is 1. The first-order valence-electron chi connectivity index (χ1n) is 8.38. The molecule has 0 radical (unpaired) electrons. The highest BCUT2D eigenvalue weighted by atomic mass is 32.1. The second-order valence-corrected chi connectivity index (χ2v) is 7.03. The number of rotatable bonds is 7. The molecule has 0 saturated carbocycles. The molecule has 24 heavy (non-hydrogen) atoms. The summed E-state index contributed by atoms with van der Waals surface area (Å²) in [6.07, 6.45) is 1.14. The van der Waals surface area contributed by atoms with E-state index in [0.717, 1.165) is 50.3 Å². The van der Waals surface area contributed by atoms with Crippen LogP contribution >= 0.6 is 11.3 Å². The van der Waals surface area contributed by atoms with E-state index in [1.165, 1.54) is 5.56 Å². The Morgan fingerprint density at radius 1 is 1.38 bits per heavy atom. The van der Waals surface area contributed by atoms with Crippen LogP contribution in [0.3, 0.4) is 0 Å². The van der Waals surface area contributed by atoms with Crippen molar-refractivity contribution in [1.82, 2.24) is 10.2 Å². The average Bonchev–Trinajstić information content (AvgIpc) is 3.30. The number of hydrogen-bond acceptors (Lipinski definition) is 4. The number of amides is 1. The Balaban J connectivity index is 1.52. The largest absolute Gasteiger partial charge is 0.383 e. The molecule has 4 nitrogen and oxygen atoms in total. The van der Waals surface area contributed by atoms with Crippen LogP contribution in [0.1, 0.15) is 16.8 Å². The Bertz CT molecular complexity index is 657. The van der Waals surface area contributed by atoms with E-state index >= 15 is 0 Å². The van der Waals surface area contributed by atoms with E-state index in [-0.39, 0.29) is 5.91 Å². The number of benzene rings is 1. The van der Waals surface area contributed by atoms with Crippen molar-refractivity contribution < 1.29 is 9.53 Å². The van der Waals surface area contributed by atoms with Gasteiger partial charge in [-0.05, 0) is 59.0 Å². The summed E-state index contributed by atoms with van der Waals surface area (Å²) in [4.78, 5) is 14.8. The Kier molecular flexibility index (Phi) is 6.01. The van der Waals surface area contributed by atoms with Crippen LogP contribution in [0.4, 0.5) is 0 Å². The SMILES string of the molecule is COCCN1CC[C@@H](CNC(=O)c2cccc(-c3ccsc3)c2)C1. The highest BCUT2D eigenvalue weighted by molar-refractivity contribution is 7.08. The molecule has 1 N–H and O–H groups in total. The van der Waals surface area contributed by atoms with Gasteiger partial charge in [0, 0.05) is 32.3 Å². The quantitative estimate of drug-likeness (QED) is 0.839. The van der Waals surface area contributed by atoms with Crippen molar-refractivity contribution in [3.05, 3.63) is 46.7 Å². The fraction of sp³-hybridized carbons (Fsp3) is 0.421. The minimum Gasteiger partial charge on any atom is -0.383 e. The van der Waals surface area contributed by atoms with E-state index in [1.54, 1.807) is 18.4 Å². The lowest BCUT2D eigenvalue weighted by molar-refractivity contribution is 0.0946. The summed E-state index contributed by atoms with van der Waals surface area (Å²) in [5.41, 5.74) is 2.99.